The van der Waals surface area contributed by atoms with Crippen LogP contribution in [0.4, 0.5) is 17.6 Å². The van der Waals surface area contributed by atoms with Gasteiger partial charge in [-0.15, -0.1) is 0 Å². The predicted octanol–water partition coefficient (Wildman–Crippen LogP) is 2.19. The number of benzene rings is 1. The van der Waals surface area contributed by atoms with E-state index in [1.54, 1.807) is 0 Å². The Morgan fingerprint density at radius 3 is 2.00 bits per heavy atom. The van der Waals surface area contributed by atoms with Gasteiger partial charge in [-0.3, -0.25) is 0 Å². The molecular formula is C10H11F4NO. The van der Waals surface area contributed by atoms with Crippen molar-refractivity contribution in [1.82, 2.24) is 0 Å². The van der Waals surface area contributed by atoms with Gasteiger partial charge in [0.1, 0.15) is 5.82 Å². The van der Waals surface area contributed by atoms with Gasteiger partial charge in [0.05, 0.1) is 0 Å². The van der Waals surface area contributed by atoms with Gasteiger partial charge in [-0.2, -0.15) is 13.2 Å². The second-order valence-electron chi connectivity index (χ2n) is 3.24. The van der Waals surface area contributed by atoms with Crippen LogP contribution in [0.3, 0.4) is 0 Å². The van der Waals surface area contributed by atoms with Gasteiger partial charge in [0.25, 0.3) is 0 Å². The summed E-state index contributed by atoms with van der Waals surface area (Å²) < 4.78 is 55.7. The zero-order chi connectivity index (χ0) is 12.4. The minimum absolute atomic E-state index is 0.216. The van der Waals surface area contributed by atoms with Crippen molar-refractivity contribution in [2.24, 2.45) is 5.73 Å². The van der Waals surface area contributed by atoms with Gasteiger partial charge in [-0.1, -0.05) is 12.1 Å². The van der Waals surface area contributed by atoms with E-state index in [-0.39, 0.29) is 5.56 Å². The summed E-state index contributed by atoms with van der Waals surface area (Å²) in [6.45, 7) is -0.765. The molecule has 1 atom stereocenters. The Hall–Kier alpha value is -1.14. The molecule has 90 valence electrons. The lowest BCUT2D eigenvalue weighted by Gasteiger charge is -2.33. The summed E-state index contributed by atoms with van der Waals surface area (Å²) in [5.74, 6) is -0.618. The van der Waals surface area contributed by atoms with Crippen LogP contribution in [-0.2, 0) is 10.3 Å². The summed E-state index contributed by atoms with van der Waals surface area (Å²) >= 11 is 0. The number of alkyl halides is 3. The van der Waals surface area contributed by atoms with E-state index >= 15 is 0 Å². The normalized spacial score (nSPS) is 15.9. The molecule has 0 bridgehead atoms. The summed E-state index contributed by atoms with van der Waals surface area (Å²) in [7, 11) is 0.920. The fourth-order valence-corrected chi connectivity index (χ4v) is 1.43. The van der Waals surface area contributed by atoms with Crippen LogP contribution < -0.4 is 5.73 Å². The molecule has 2 nitrogen and oxygen atoms in total. The van der Waals surface area contributed by atoms with Crippen molar-refractivity contribution in [2.45, 2.75) is 11.8 Å². The molecule has 1 rings (SSSR count). The van der Waals surface area contributed by atoms with E-state index in [1.807, 2.05) is 0 Å². The highest BCUT2D eigenvalue weighted by Crippen LogP contribution is 2.40. The van der Waals surface area contributed by atoms with Gasteiger partial charge in [0.2, 0.25) is 5.60 Å². The minimum Gasteiger partial charge on any atom is -0.363 e. The van der Waals surface area contributed by atoms with Crippen LogP contribution in [0.2, 0.25) is 0 Å². The molecule has 0 aliphatic rings. The molecule has 0 heterocycles. The second kappa shape index (κ2) is 4.39. The maximum atomic E-state index is 12.9. The maximum absolute atomic E-state index is 12.9. The first-order valence-electron chi connectivity index (χ1n) is 4.45. The van der Waals surface area contributed by atoms with Crippen LogP contribution in [0.5, 0.6) is 0 Å². The summed E-state index contributed by atoms with van der Waals surface area (Å²) in [5, 5.41) is 0. The third-order valence-electron chi connectivity index (χ3n) is 2.40. The lowest BCUT2D eigenvalue weighted by Crippen LogP contribution is -2.49. The smallest absolute Gasteiger partial charge is 0.363 e. The van der Waals surface area contributed by atoms with Crippen LogP contribution in [0.25, 0.3) is 0 Å². The molecule has 2 N–H and O–H groups in total. The van der Waals surface area contributed by atoms with Crippen LogP contribution in [0, 0.1) is 5.82 Å². The lowest BCUT2D eigenvalue weighted by molar-refractivity contribution is -0.272. The van der Waals surface area contributed by atoms with Crippen molar-refractivity contribution in [3.05, 3.63) is 35.6 Å². The highest BCUT2D eigenvalue weighted by molar-refractivity contribution is 5.25. The monoisotopic (exact) mass is 237 g/mol. The molecule has 6 heteroatoms. The van der Waals surface area contributed by atoms with Crippen LogP contribution in [0.1, 0.15) is 5.56 Å². The fourth-order valence-electron chi connectivity index (χ4n) is 1.43. The van der Waals surface area contributed by atoms with Gasteiger partial charge >= 0.3 is 6.18 Å². The molecule has 0 amide bonds. The molecule has 1 aromatic rings. The number of methoxy groups -OCH3 is 1. The van der Waals surface area contributed by atoms with Crippen molar-refractivity contribution in [3.8, 4) is 0 Å². The second-order valence-corrected chi connectivity index (χ2v) is 3.24. The minimum atomic E-state index is -4.66. The zero-order valence-electron chi connectivity index (χ0n) is 8.51. The molecule has 0 fully saturated rings. The molecule has 0 saturated heterocycles. The Bertz CT molecular complexity index is 343. The van der Waals surface area contributed by atoms with E-state index in [0.717, 1.165) is 31.4 Å². The molecule has 0 saturated carbocycles. The van der Waals surface area contributed by atoms with E-state index in [9.17, 15) is 17.6 Å². The maximum Gasteiger partial charge on any atom is 0.422 e. The summed E-state index contributed by atoms with van der Waals surface area (Å²) in [4.78, 5) is 0. The Labute approximate surface area is 90.0 Å². The molecule has 16 heavy (non-hydrogen) atoms. The van der Waals surface area contributed by atoms with Crippen molar-refractivity contribution >= 4 is 0 Å². The van der Waals surface area contributed by atoms with Gasteiger partial charge < -0.3 is 10.5 Å². The SMILES string of the molecule is COC(CN)(c1ccc(F)cc1)C(F)(F)F. The van der Waals surface area contributed by atoms with Crippen molar-refractivity contribution in [1.29, 1.82) is 0 Å². The van der Waals surface area contributed by atoms with Crippen LogP contribution in [0.15, 0.2) is 24.3 Å². The first-order chi connectivity index (χ1) is 7.37. The fraction of sp³-hybridized carbons (Fsp3) is 0.400. The van der Waals surface area contributed by atoms with Crippen LogP contribution >= 0.6 is 0 Å². The van der Waals surface area contributed by atoms with Gasteiger partial charge in [0.15, 0.2) is 0 Å². The standard InChI is InChI=1S/C10H11F4NO/c1-16-9(6-15,10(12,13)14)7-2-4-8(11)5-3-7/h2-5H,6,15H2,1H3. The Balaban J connectivity index is 3.26. The predicted molar refractivity (Wildman–Crippen MR) is 50.2 cm³/mol. The molecule has 1 aromatic carbocycles. The third-order valence-corrected chi connectivity index (χ3v) is 2.40. The molecule has 0 spiro atoms. The summed E-state index contributed by atoms with van der Waals surface area (Å²) in [5.41, 5.74) is 2.34. The van der Waals surface area contributed by atoms with Crippen LogP contribution in [-0.4, -0.2) is 19.8 Å². The highest BCUT2D eigenvalue weighted by Gasteiger charge is 2.55. The summed E-state index contributed by atoms with van der Waals surface area (Å²) in [6.07, 6.45) is -4.66. The van der Waals surface area contributed by atoms with E-state index in [2.05, 4.69) is 4.74 Å². The van der Waals surface area contributed by atoms with E-state index < -0.39 is 24.1 Å². The number of hydrogen-bond donors (Lipinski definition) is 1. The number of rotatable bonds is 3. The van der Waals surface area contributed by atoms with Crippen molar-refractivity contribution in [3.63, 3.8) is 0 Å². The number of halogens is 4. The molecule has 1 unspecified atom stereocenters. The van der Waals surface area contributed by atoms with E-state index in [0.29, 0.717) is 0 Å². The van der Waals surface area contributed by atoms with Crippen molar-refractivity contribution in [2.75, 3.05) is 13.7 Å². The molecular weight excluding hydrogens is 226 g/mol. The Morgan fingerprint density at radius 2 is 1.69 bits per heavy atom. The lowest BCUT2D eigenvalue weighted by atomic mass is 9.93. The van der Waals surface area contributed by atoms with Gasteiger partial charge in [0, 0.05) is 13.7 Å². The number of nitrogens with two attached hydrogens (primary N) is 1. The number of hydrogen-bond acceptors (Lipinski definition) is 2. The van der Waals surface area contributed by atoms with E-state index in [1.165, 1.54) is 0 Å². The zero-order valence-corrected chi connectivity index (χ0v) is 8.51. The first-order valence-corrected chi connectivity index (χ1v) is 4.45. The average molecular weight is 237 g/mol. The molecule has 0 aliphatic heterocycles. The Kier molecular flexibility index (Phi) is 3.54. The van der Waals surface area contributed by atoms with Crippen molar-refractivity contribution < 1.29 is 22.3 Å². The summed E-state index contributed by atoms with van der Waals surface area (Å²) in [6, 6.07) is 3.90. The van der Waals surface area contributed by atoms with Gasteiger partial charge in [-0.25, -0.2) is 4.39 Å². The van der Waals surface area contributed by atoms with Gasteiger partial charge in [-0.05, 0) is 17.7 Å². The highest BCUT2D eigenvalue weighted by atomic mass is 19.4. The Morgan fingerprint density at radius 1 is 1.19 bits per heavy atom. The quantitative estimate of drug-likeness (QED) is 0.818. The average Bonchev–Trinajstić information content (AvgIpc) is 2.21. The third kappa shape index (κ3) is 2.03. The molecule has 0 aliphatic carbocycles. The number of ether oxygens (including phenoxy) is 1. The molecule has 0 radical (unpaired) electrons. The molecule has 0 aromatic heterocycles. The largest absolute Gasteiger partial charge is 0.422 e. The first kappa shape index (κ1) is 12.9. The topological polar surface area (TPSA) is 35.2 Å². The van der Waals surface area contributed by atoms with E-state index in [4.69, 9.17) is 5.73 Å².